The molecule has 0 spiro atoms. The average molecular weight is 187 g/mol. The van der Waals surface area contributed by atoms with Crippen molar-refractivity contribution in [2.45, 2.75) is 10.9 Å². The highest BCUT2D eigenvalue weighted by molar-refractivity contribution is 7.98. The molecular formula is C6H9N3S2. The number of rotatable bonds is 2. The number of anilines is 1. The predicted octanol–water partition coefficient (Wildman–Crippen LogP) is 1.21. The van der Waals surface area contributed by atoms with Crippen molar-refractivity contribution in [3.8, 4) is 0 Å². The Morgan fingerprint density at radius 1 is 1.73 bits per heavy atom. The molecular weight excluding hydrogens is 178 g/mol. The molecule has 0 fully saturated rings. The molecule has 1 aromatic heterocycles. The van der Waals surface area contributed by atoms with E-state index in [0.29, 0.717) is 16.7 Å². The summed E-state index contributed by atoms with van der Waals surface area (Å²) in [6.07, 6.45) is 3.62. The van der Waals surface area contributed by atoms with E-state index >= 15 is 0 Å². The molecule has 0 amide bonds. The van der Waals surface area contributed by atoms with Gasteiger partial charge in [-0.15, -0.1) is 0 Å². The van der Waals surface area contributed by atoms with Crippen LogP contribution >= 0.6 is 24.4 Å². The summed E-state index contributed by atoms with van der Waals surface area (Å²) in [4.78, 5) is 8.09. The van der Waals surface area contributed by atoms with E-state index in [9.17, 15) is 0 Å². The summed E-state index contributed by atoms with van der Waals surface area (Å²) in [7, 11) is 0. The zero-order chi connectivity index (χ0) is 8.27. The number of thiol groups is 1. The van der Waals surface area contributed by atoms with Gasteiger partial charge in [0, 0.05) is 17.5 Å². The van der Waals surface area contributed by atoms with Crippen LogP contribution in [0, 0.1) is 0 Å². The van der Waals surface area contributed by atoms with E-state index < -0.39 is 0 Å². The highest BCUT2D eigenvalue weighted by Crippen LogP contribution is 2.14. The zero-order valence-electron chi connectivity index (χ0n) is 6.11. The molecule has 1 aromatic rings. The fourth-order valence-electron chi connectivity index (χ4n) is 0.623. The van der Waals surface area contributed by atoms with E-state index in [4.69, 9.17) is 5.73 Å². The second kappa shape index (κ2) is 3.82. The molecule has 0 aliphatic rings. The third-order valence-electron chi connectivity index (χ3n) is 1.23. The Balaban J connectivity index is 2.99. The van der Waals surface area contributed by atoms with Crippen molar-refractivity contribution in [1.82, 2.24) is 9.97 Å². The summed E-state index contributed by atoms with van der Waals surface area (Å²) in [5.41, 5.74) is 6.47. The van der Waals surface area contributed by atoms with Crippen molar-refractivity contribution >= 4 is 30.2 Å². The zero-order valence-corrected chi connectivity index (χ0v) is 7.82. The molecule has 0 unspecified atom stereocenters. The first-order valence-corrected chi connectivity index (χ1v) is 4.90. The Morgan fingerprint density at radius 3 is 2.91 bits per heavy atom. The van der Waals surface area contributed by atoms with Crippen LogP contribution in [0.5, 0.6) is 0 Å². The summed E-state index contributed by atoms with van der Waals surface area (Å²) in [5.74, 6) is 1.11. The fraction of sp³-hybridized carbons (Fsp3) is 0.333. The van der Waals surface area contributed by atoms with Gasteiger partial charge in [0.2, 0.25) is 0 Å². The Kier molecular flexibility index (Phi) is 3.02. The summed E-state index contributed by atoms with van der Waals surface area (Å²) < 4.78 is 0. The van der Waals surface area contributed by atoms with Crippen molar-refractivity contribution in [1.29, 1.82) is 0 Å². The second-order valence-corrected chi connectivity index (χ2v) is 3.01. The molecule has 60 valence electrons. The number of thioether (sulfide) groups is 1. The van der Waals surface area contributed by atoms with Crippen molar-refractivity contribution < 1.29 is 0 Å². The van der Waals surface area contributed by atoms with Gasteiger partial charge in [-0.2, -0.15) is 12.6 Å². The van der Waals surface area contributed by atoms with Crippen molar-refractivity contribution in [2.75, 3.05) is 12.0 Å². The van der Waals surface area contributed by atoms with Gasteiger partial charge in [-0.25, -0.2) is 9.97 Å². The maximum absolute atomic E-state index is 5.59. The van der Waals surface area contributed by atoms with Gasteiger partial charge in [-0.05, 0) is 6.26 Å². The number of hydrogen-bond acceptors (Lipinski definition) is 5. The first-order valence-electron chi connectivity index (χ1n) is 3.04. The van der Waals surface area contributed by atoms with Crippen LogP contribution in [0.2, 0.25) is 0 Å². The quantitative estimate of drug-likeness (QED) is 0.415. The number of hydrogen-bond donors (Lipinski definition) is 2. The Morgan fingerprint density at radius 2 is 2.45 bits per heavy atom. The molecule has 0 radical (unpaired) electrons. The van der Waals surface area contributed by atoms with Crippen molar-refractivity contribution in [3.05, 3.63) is 11.8 Å². The number of nitrogen functional groups attached to an aromatic ring is 1. The molecule has 0 aromatic carbocycles. The van der Waals surface area contributed by atoms with E-state index in [-0.39, 0.29) is 0 Å². The molecule has 11 heavy (non-hydrogen) atoms. The normalized spacial score (nSPS) is 10.0. The van der Waals surface area contributed by atoms with Gasteiger partial charge in [-0.3, -0.25) is 0 Å². The van der Waals surface area contributed by atoms with Crippen LogP contribution in [0.3, 0.4) is 0 Å². The topological polar surface area (TPSA) is 51.8 Å². The minimum Gasteiger partial charge on any atom is -0.383 e. The molecule has 1 heterocycles. The summed E-state index contributed by atoms with van der Waals surface area (Å²) in [6, 6.07) is 0. The molecule has 0 saturated carbocycles. The molecule has 0 saturated heterocycles. The molecule has 3 nitrogen and oxygen atoms in total. The second-order valence-electron chi connectivity index (χ2n) is 1.93. The van der Waals surface area contributed by atoms with E-state index in [1.54, 1.807) is 6.20 Å². The van der Waals surface area contributed by atoms with E-state index in [2.05, 4.69) is 22.6 Å². The molecule has 5 heteroatoms. The average Bonchev–Trinajstić information content (AvgIpc) is 2.04. The molecule has 0 aliphatic carbocycles. The first-order chi connectivity index (χ1) is 5.27. The van der Waals surface area contributed by atoms with Crippen LogP contribution in [0.25, 0.3) is 0 Å². The molecule has 0 aliphatic heterocycles. The van der Waals surface area contributed by atoms with Crippen LogP contribution in [0.1, 0.15) is 5.56 Å². The summed E-state index contributed by atoms with van der Waals surface area (Å²) >= 11 is 5.55. The first kappa shape index (κ1) is 8.67. The standard InChI is InChI=1S/C6H9N3S2/c1-11-6-8-2-4(3-10)5(7)9-6/h2,10H,3H2,1H3,(H2,7,8,9). The number of aromatic nitrogens is 2. The predicted molar refractivity (Wildman–Crippen MR) is 50.9 cm³/mol. The fourth-order valence-corrected chi connectivity index (χ4v) is 1.21. The lowest BCUT2D eigenvalue weighted by molar-refractivity contribution is 0.960. The van der Waals surface area contributed by atoms with Crippen LogP contribution < -0.4 is 5.73 Å². The molecule has 1 rings (SSSR count). The van der Waals surface area contributed by atoms with Crippen LogP contribution in [0.15, 0.2) is 11.4 Å². The minimum atomic E-state index is 0.527. The lowest BCUT2D eigenvalue weighted by Gasteiger charge is -2.00. The van der Waals surface area contributed by atoms with Crippen molar-refractivity contribution in [3.63, 3.8) is 0 Å². The lowest BCUT2D eigenvalue weighted by Crippen LogP contribution is -1.98. The molecule has 0 bridgehead atoms. The monoisotopic (exact) mass is 187 g/mol. The van der Waals surface area contributed by atoms with Crippen molar-refractivity contribution in [2.24, 2.45) is 0 Å². The van der Waals surface area contributed by atoms with Gasteiger partial charge in [0.15, 0.2) is 5.16 Å². The van der Waals surface area contributed by atoms with E-state index in [1.807, 2.05) is 6.26 Å². The maximum Gasteiger partial charge on any atom is 0.189 e. The lowest BCUT2D eigenvalue weighted by atomic mass is 10.3. The van der Waals surface area contributed by atoms with Crippen LogP contribution in [-0.2, 0) is 5.75 Å². The largest absolute Gasteiger partial charge is 0.383 e. The van der Waals surface area contributed by atoms with Crippen LogP contribution in [0.4, 0.5) is 5.82 Å². The summed E-state index contributed by atoms with van der Waals surface area (Å²) in [6.45, 7) is 0. The maximum atomic E-state index is 5.59. The third kappa shape index (κ3) is 2.00. The Labute approximate surface area is 75.2 Å². The smallest absolute Gasteiger partial charge is 0.189 e. The van der Waals surface area contributed by atoms with Gasteiger partial charge in [0.25, 0.3) is 0 Å². The summed E-state index contributed by atoms with van der Waals surface area (Å²) in [5, 5.41) is 0.702. The van der Waals surface area contributed by atoms with E-state index in [1.165, 1.54) is 11.8 Å². The highest BCUT2D eigenvalue weighted by atomic mass is 32.2. The van der Waals surface area contributed by atoms with Gasteiger partial charge in [0.1, 0.15) is 5.82 Å². The Hall–Kier alpha value is -0.420. The van der Waals surface area contributed by atoms with Gasteiger partial charge in [-0.1, -0.05) is 11.8 Å². The van der Waals surface area contributed by atoms with E-state index in [0.717, 1.165) is 5.56 Å². The number of nitrogens with two attached hydrogens (primary N) is 1. The third-order valence-corrected chi connectivity index (χ3v) is 2.13. The van der Waals surface area contributed by atoms with Gasteiger partial charge in [0.05, 0.1) is 0 Å². The van der Waals surface area contributed by atoms with Gasteiger partial charge >= 0.3 is 0 Å². The minimum absolute atomic E-state index is 0.527. The number of nitrogens with zero attached hydrogens (tertiary/aromatic N) is 2. The van der Waals surface area contributed by atoms with Crippen LogP contribution in [-0.4, -0.2) is 16.2 Å². The highest BCUT2D eigenvalue weighted by Gasteiger charge is 2.00. The molecule has 2 N–H and O–H groups in total. The van der Waals surface area contributed by atoms with Gasteiger partial charge < -0.3 is 5.73 Å². The molecule has 0 atom stereocenters. The SMILES string of the molecule is CSc1ncc(CS)c(N)n1. The Bertz CT molecular complexity index is 252.